The van der Waals surface area contributed by atoms with E-state index in [4.69, 9.17) is 9.47 Å². The molecule has 0 radical (unpaired) electrons. The minimum atomic E-state index is -0.402. The molecule has 0 N–H and O–H groups in total. The van der Waals surface area contributed by atoms with Gasteiger partial charge in [-0.25, -0.2) is 4.39 Å². The van der Waals surface area contributed by atoms with Crippen LogP contribution in [-0.2, 0) is 16.0 Å². The van der Waals surface area contributed by atoms with Crippen molar-refractivity contribution in [2.24, 2.45) is 0 Å². The van der Waals surface area contributed by atoms with Crippen LogP contribution >= 0.6 is 12.6 Å². The summed E-state index contributed by atoms with van der Waals surface area (Å²) in [4.78, 5) is 10.7. The Morgan fingerprint density at radius 1 is 1.39 bits per heavy atom. The summed E-state index contributed by atoms with van der Waals surface area (Å²) in [6, 6.07) is 4.76. The van der Waals surface area contributed by atoms with Crippen LogP contribution in [0, 0.1) is 5.82 Å². The minimum absolute atomic E-state index is 0.0223. The number of methoxy groups -OCH3 is 1. The molecule has 0 aliphatic carbocycles. The van der Waals surface area contributed by atoms with Crippen molar-refractivity contribution < 1.29 is 18.7 Å². The van der Waals surface area contributed by atoms with E-state index < -0.39 is 5.82 Å². The maximum Gasteiger partial charge on any atom is 0.188 e. The number of ether oxygens (including phenoxy) is 2. The number of thiol groups is 1. The van der Waals surface area contributed by atoms with Gasteiger partial charge in [0.25, 0.3) is 0 Å². The van der Waals surface area contributed by atoms with E-state index in [0.29, 0.717) is 6.42 Å². The zero-order valence-corrected chi connectivity index (χ0v) is 11.2. The molecule has 0 aliphatic rings. The molecule has 0 spiro atoms. The van der Waals surface area contributed by atoms with Gasteiger partial charge in [0.05, 0.1) is 0 Å². The number of carbonyl (C=O) groups excluding carboxylic acids is 1. The van der Waals surface area contributed by atoms with Crippen molar-refractivity contribution in [2.75, 3.05) is 13.9 Å². The number of halogens is 1. The molecule has 0 fully saturated rings. The van der Waals surface area contributed by atoms with Gasteiger partial charge in [0.15, 0.2) is 23.5 Å². The molecule has 0 heterocycles. The normalized spacial score (nSPS) is 10.4. The first-order valence-corrected chi connectivity index (χ1v) is 6.20. The average Bonchev–Trinajstić information content (AvgIpc) is 2.34. The Bertz CT molecular complexity index is 396. The lowest BCUT2D eigenvalue weighted by molar-refractivity contribution is -0.110. The molecule has 0 amide bonds. The summed E-state index contributed by atoms with van der Waals surface area (Å²) in [5.41, 5.74) is 0.981. The highest BCUT2D eigenvalue weighted by Crippen LogP contribution is 2.20. The highest BCUT2D eigenvalue weighted by molar-refractivity contribution is 7.96. The van der Waals surface area contributed by atoms with Crippen molar-refractivity contribution in [3.63, 3.8) is 0 Å². The summed E-state index contributed by atoms with van der Waals surface area (Å²) in [6.45, 7) is 0.0223. The third-order valence-corrected chi connectivity index (χ3v) is 2.66. The summed E-state index contributed by atoms with van der Waals surface area (Å²) in [6.07, 6.45) is 2.90. The molecule has 0 bridgehead atoms. The van der Waals surface area contributed by atoms with Gasteiger partial charge >= 0.3 is 0 Å². The van der Waals surface area contributed by atoms with Gasteiger partial charge in [-0.1, -0.05) is 6.07 Å². The average molecular weight is 272 g/mol. The number of hydrogen-bond donors (Lipinski definition) is 1. The van der Waals surface area contributed by atoms with Gasteiger partial charge in [-0.3, -0.25) is 4.79 Å². The molecule has 0 aromatic heterocycles. The molecule has 0 saturated carbocycles. The van der Waals surface area contributed by atoms with E-state index in [1.54, 1.807) is 12.1 Å². The number of benzene rings is 1. The monoisotopic (exact) mass is 272 g/mol. The second kappa shape index (κ2) is 8.11. The predicted molar refractivity (Wildman–Crippen MR) is 70.5 cm³/mol. The maximum atomic E-state index is 13.4. The molecular formula is C13H17FO3S. The zero-order valence-electron chi connectivity index (χ0n) is 10.3. The first-order valence-electron chi connectivity index (χ1n) is 5.75. The molecule has 1 rings (SSSR count). The second-order valence-electron chi connectivity index (χ2n) is 3.92. The van der Waals surface area contributed by atoms with Crippen LogP contribution in [0.15, 0.2) is 18.2 Å². The Morgan fingerprint density at radius 2 is 2.17 bits per heavy atom. The summed E-state index contributed by atoms with van der Waals surface area (Å²) >= 11 is 3.70. The van der Waals surface area contributed by atoms with Crippen molar-refractivity contribution in [1.29, 1.82) is 0 Å². The van der Waals surface area contributed by atoms with Crippen LogP contribution in [-0.4, -0.2) is 19.0 Å². The van der Waals surface area contributed by atoms with Crippen LogP contribution in [0.2, 0.25) is 0 Å². The SMILES string of the molecule is COCOc1cc(CCCCC(=O)S)ccc1F. The Balaban J connectivity index is 2.48. The van der Waals surface area contributed by atoms with E-state index in [1.807, 2.05) is 0 Å². The summed E-state index contributed by atoms with van der Waals surface area (Å²) in [7, 11) is 1.48. The Labute approximate surface area is 112 Å². The van der Waals surface area contributed by atoms with Crippen molar-refractivity contribution >= 4 is 17.7 Å². The summed E-state index contributed by atoms with van der Waals surface area (Å²) < 4.78 is 23.2. The van der Waals surface area contributed by atoms with Crippen LogP contribution in [0.3, 0.4) is 0 Å². The zero-order chi connectivity index (χ0) is 13.4. The fourth-order valence-electron chi connectivity index (χ4n) is 1.54. The van der Waals surface area contributed by atoms with Crippen LogP contribution in [0.5, 0.6) is 5.75 Å². The van der Waals surface area contributed by atoms with Crippen LogP contribution < -0.4 is 4.74 Å². The van der Waals surface area contributed by atoms with Gasteiger partial charge in [0.1, 0.15) is 0 Å². The minimum Gasteiger partial charge on any atom is -0.464 e. The number of hydrogen-bond acceptors (Lipinski definition) is 3. The van der Waals surface area contributed by atoms with E-state index in [2.05, 4.69) is 12.6 Å². The molecule has 5 heteroatoms. The molecule has 0 atom stereocenters. The van der Waals surface area contributed by atoms with Gasteiger partial charge < -0.3 is 9.47 Å². The smallest absolute Gasteiger partial charge is 0.188 e. The molecule has 0 saturated heterocycles. The maximum absolute atomic E-state index is 13.4. The molecule has 0 unspecified atom stereocenters. The Kier molecular flexibility index (Phi) is 6.75. The lowest BCUT2D eigenvalue weighted by Crippen LogP contribution is -2.01. The van der Waals surface area contributed by atoms with Gasteiger partial charge in [0, 0.05) is 13.5 Å². The van der Waals surface area contributed by atoms with E-state index >= 15 is 0 Å². The topological polar surface area (TPSA) is 35.5 Å². The third kappa shape index (κ3) is 5.51. The van der Waals surface area contributed by atoms with Crippen LogP contribution in [0.1, 0.15) is 24.8 Å². The van der Waals surface area contributed by atoms with Gasteiger partial charge in [-0.05, 0) is 37.0 Å². The third-order valence-electron chi connectivity index (χ3n) is 2.43. The lowest BCUT2D eigenvalue weighted by atomic mass is 10.1. The van der Waals surface area contributed by atoms with Gasteiger partial charge in [0.2, 0.25) is 0 Å². The Morgan fingerprint density at radius 3 is 2.83 bits per heavy atom. The van der Waals surface area contributed by atoms with E-state index in [9.17, 15) is 9.18 Å². The number of carbonyl (C=O) groups is 1. The Hall–Kier alpha value is -1.07. The van der Waals surface area contributed by atoms with Crippen LogP contribution in [0.4, 0.5) is 4.39 Å². The summed E-state index contributed by atoms with van der Waals surface area (Å²) in [5.74, 6) is -0.207. The fraction of sp³-hybridized carbons (Fsp3) is 0.462. The lowest BCUT2D eigenvalue weighted by Gasteiger charge is -2.08. The van der Waals surface area contributed by atoms with Crippen molar-refractivity contribution in [2.45, 2.75) is 25.7 Å². The van der Waals surface area contributed by atoms with Crippen molar-refractivity contribution in [3.8, 4) is 5.75 Å². The molecule has 1 aromatic carbocycles. The summed E-state index contributed by atoms with van der Waals surface area (Å²) in [5, 5.41) is -0.0989. The fourth-order valence-corrected chi connectivity index (χ4v) is 1.70. The number of rotatable bonds is 8. The number of unbranched alkanes of at least 4 members (excludes halogenated alkanes) is 1. The highest BCUT2D eigenvalue weighted by Gasteiger charge is 2.05. The second-order valence-corrected chi connectivity index (χ2v) is 4.42. The van der Waals surface area contributed by atoms with Gasteiger partial charge in [-0.2, -0.15) is 0 Å². The molecule has 3 nitrogen and oxygen atoms in total. The molecule has 1 aromatic rings. The van der Waals surface area contributed by atoms with E-state index in [-0.39, 0.29) is 17.7 Å². The first kappa shape index (κ1) is 15.0. The van der Waals surface area contributed by atoms with E-state index in [0.717, 1.165) is 24.8 Å². The molecular weight excluding hydrogens is 255 g/mol. The quantitative estimate of drug-likeness (QED) is 0.449. The largest absolute Gasteiger partial charge is 0.464 e. The van der Waals surface area contributed by atoms with E-state index in [1.165, 1.54) is 13.2 Å². The van der Waals surface area contributed by atoms with Crippen LogP contribution in [0.25, 0.3) is 0 Å². The number of aryl methyl sites for hydroxylation is 1. The molecule has 100 valence electrons. The van der Waals surface area contributed by atoms with Gasteiger partial charge in [-0.15, -0.1) is 12.6 Å². The molecule has 0 aliphatic heterocycles. The standard InChI is InChI=1S/C13H17FO3S/c1-16-9-17-12-8-10(6-7-11(12)14)4-2-3-5-13(15)18/h6-8H,2-5,9H2,1H3,(H,15,18). The molecule has 18 heavy (non-hydrogen) atoms. The first-order chi connectivity index (χ1) is 8.63. The highest BCUT2D eigenvalue weighted by atomic mass is 32.1. The van der Waals surface area contributed by atoms with Crippen molar-refractivity contribution in [3.05, 3.63) is 29.6 Å². The van der Waals surface area contributed by atoms with Crippen molar-refractivity contribution in [1.82, 2.24) is 0 Å². The predicted octanol–water partition coefficient (Wildman–Crippen LogP) is 2.98.